The summed E-state index contributed by atoms with van der Waals surface area (Å²) in [6.07, 6.45) is 0.722. The van der Waals surface area contributed by atoms with Crippen molar-refractivity contribution in [2.24, 2.45) is 0 Å². The van der Waals surface area contributed by atoms with Gasteiger partial charge in [-0.15, -0.1) is 0 Å². The van der Waals surface area contributed by atoms with Crippen LogP contribution in [0.1, 0.15) is 22.3 Å². The second kappa shape index (κ2) is 6.31. The van der Waals surface area contributed by atoms with Crippen LogP contribution >= 0.6 is 15.9 Å². The molecule has 0 aliphatic rings. The van der Waals surface area contributed by atoms with E-state index < -0.39 is 0 Å². The van der Waals surface area contributed by atoms with Crippen LogP contribution in [0.4, 0.5) is 4.39 Å². The molecule has 0 aliphatic heterocycles. The van der Waals surface area contributed by atoms with Gasteiger partial charge in [0.15, 0.2) is 0 Å². The molecule has 0 saturated heterocycles. The van der Waals surface area contributed by atoms with Gasteiger partial charge < -0.3 is 0 Å². The molecular formula is C17H16BrFO. The maximum absolute atomic E-state index is 13.0. The van der Waals surface area contributed by atoms with E-state index in [1.807, 2.05) is 26.0 Å². The number of carbonyl (C=O) groups excluding carboxylic acids is 1. The van der Waals surface area contributed by atoms with Crippen LogP contribution in [0.15, 0.2) is 40.9 Å². The molecule has 2 aromatic rings. The van der Waals surface area contributed by atoms with Gasteiger partial charge in [-0.05, 0) is 37.1 Å². The number of ketones is 1. The van der Waals surface area contributed by atoms with Gasteiger partial charge in [-0.2, -0.15) is 0 Å². The average molecular weight is 335 g/mol. The normalized spacial score (nSPS) is 10.6. The van der Waals surface area contributed by atoms with E-state index in [1.165, 1.54) is 12.1 Å². The van der Waals surface area contributed by atoms with E-state index in [4.69, 9.17) is 0 Å². The van der Waals surface area contributed by atoms with Gasteiger partial charge in [0, 0.05) is 17.3 Å². The van der Waals surface area contributed by atoms with Crippen molar-refractivity contribution < 1.29 is 9.18 Å². The fourth-order valence-electron chi connectivity index (χ4n) is 2.34. The molecule has 0 aromatic heterocycles. The van der Waals surface area contributed by atoms with Crippen LogP contribution in [0.25, 0.3) is 0 Å². The smallest absolute Gasteiger partial charge is 0.141 e. The highest BCUT2D eigenvalue weighted by atomic mass is 79.9. The molecule has 0 aliphatic carbocycles. The first-order valence-electron chi connectivity index (χ1n) is 6.47. The van der Waals surface area contributed by atoms with Crippen molar-refractivity contribution in [1.29, 1.82) is 0 Å². The standard InChI is InChI=1S/C17H16BrFO/c1-11-5-12(2)7-13(6-11)8-16(20)9-14-3-4-15(19)10-17(14)18/h3-7,10H,8-9H2,1-2H3. The molecule has 0 atom stereocenters. The molecule has 1 nitrogen and oxygen atoms in total. The molecule has 0 heterocycles. The summed E-state index contributed by atoms with van der Waals surface area (Å²) in [5.74, 6) is -0.176. The fraction of sp³-hybridized carbons (Fsp3) is 0.235. The van der Waals surface area contributed by atoms with Gasteiger partial charge in [-0.1, -0.05) is 51.3 Å². The van der Waals surface area contributed by atoms with Crippen LogP contribution < -0.4 is 0 Å². The molecule has 20 heavy (non-hydrogen) atoms. The third kappa shape index (κ3) is 4.01. The lowest BCUT2D eigenvalue weighted by molar-refractivity contribution is -0.117. The Kier molecular flexibility index (Phi) is 4.71. The molecule has 0 amide bonds. The minimum absolute atomic E-state index is 0.127. The van der Waals surface area contributed by atoms with Gasteiger partial charge in [0.05, 0.1) is 0 Å². The molecule has 0 N–H and O–H groups in total. The van der Waals surface area contributed by atoms with Crippen LogP contribution in [0.3, 0.4) is 0 Å². The fourth-order valence-corrected chi connectivity index (χ4v) is 2.83. The molecule has 0 bridgehead atoms. The molecule has 0 saturated carbocycles. The summed E-state index contributed by atoms with van der Waals surface area (Å²) in [7, 11) is 0. The van der Waals surface area contributed by atoms with Crippen LogP contribution in [-0.4, -0.2) is 5.78 Å². The quantitative estimate of drug-likeness (QED) is 0.801. The minimum atomic E-state index is -0.303. The lowest BCUT2D eigenvalue weighted by atomic mass is 10.00. The second-order valence-electron chi connectivity index (χ2n) is 5.12. The summed E-state index contributed by atoms with van der Waals surface area (Å²) in [5.41, 5.74) is 4.18. The number of hydrogen-bond acceptors (Lipinski definition) is 1. The molecule has 0 spiro atoms. The largest absolute Gasteiger partial charge is 0.299 e. The lowest BCUT2D eigenvalue weighted by Crippen LogP contribution is -2.07. The Hall–Kier alpha value is -1.48. The topological polar surface area (TPSA) is 17.1 Å². The van der Waals surface area contributed by atoms with Crippen molar-refractivity contribution in [3.8, 4) is 0 Å². The maximum atomic E-state index is 13.0. The van der Waals surface area contributed by atoms with Gasteiger partial charge >= 0.3 is 0 Å². The summed E-state index contributed by atoms with van der Waals surface area (Å²) in [6, 6.07) is 10.6. The highest BCUT2D eigenvalue weighted by molar-refractivity contribution is 9.10. The SMILES string of the molecule is Cc1cc(C)cc(CC(=O)Cc2ccc(F)cc2Br)c1. The molecule has 2 aromatic carbocycles. The van der Waals surface area contributed by atoms with Crippen molar-refractivity contribution >= 4 is 21.7 Å². The Bertz CT molecular complexity index is 629. The molecule has 0 unspecified atom stereocenters. The van der Waals surface area contributed by atoms with E-state index in [1.54, 1.807) is 6.07 Å². The van der Waals surface area contributed by atoms with Gasteiger partial charge in [-0.25, -0.2) is 4.39 Å². The third-order valence-electron chi connectivity index (χ3n) is 3.09. The Morgan fingerprint density at radius 2 is 1.70 bits per heavy atom. The predicted octanol–water partition coefficient (Wildman–Crippen LogP) is 4.56. The highest BCUT2D eigenvalue weighted by Gasteiger charge is 2.09. The first-order valence-corrected chi connectivity index (χ1v) is 7.26. The van der Waals surface area contributed by atoms with Crippen molar-refractivity contribution in [2.45, 2.75) is 26.7 Å². The van der Waals surface area contributed by atoms with Crippen molar-refractivity contribution in [3.63, 3.8) is 0 Å². The zero-order valence-electron chi connectivity index (χ0n) is 11.5. The lowest BCUT2D eigenvalue weighted by Gasteiger charge is -2.06. The molecule has 104 valence electrons. The van der Waals surface area contributed by atoms with Crippen molar-refractivity contribution in [1.82, 2.24) is 0 Å². The molecule has 2 rings (SSSR count). The average Bonchev–Trinajstić information content (AvgIpc) is 2.31. The number of carbonyl (C=O) groups is 1. The number of aryl methyl sites for hydroxylation is 2. The monoisotopic (exact) mass is 334 g/mol. The summed E-state index contributed by atoms with van der Waals surface area (Å²) >= 11 is 3.29. The highest BCUT2D eigenvalue weighted by Crippen LogP contribution is 2.19. The van der Waals surface area contributed by atoms with Crippen LogP contribution in [0.2, 0.25) is 0 Å². The first-order chi connectivity index (χ1) is 9.44. The second-order valence-corrected chi connectivity index (χ2v) is 5.98. The summed E-state index contributed by atoms with van der Waals surface area (Å²) in [6.45, 7) is 4.05. The Morgan fingerprint density at radius 1 is 1.05 bits per heavy atom. The van der Waals surface area contributed by atoms with Crippen LogP contribution in [0.5, 0.6) is 0 Å². The van der Waals surface area contributed by atoms with Gasteiger partial charge in [0.25, 0.3) is 0 Å². The summed E-state index contributed by atoms with van der Waals surface area (Å²) in [4.78, 5) is 12.1. The van der Waals surface area contributed by atoms with Crippen molar-refractivity contribution in [2.75, 3.05) is 0 Å². The number of rotatable bonds is 4. The van der Waals surface area contributed by atoms with E-state index in [2.05, 4.69) is 22.0 Å². The van der Waals surface area contributed by atoms with Crippen molar-refractivity contribution in [3.05, 3.63) is 68.9 Å². The Balaban J connectivity index is 2.09. The van der Waals surface area contributed by atoms with Gasteiger partial charge in [-0.3, -0.25) is 4.79 Å². The number of Topliss-reactive ketones (excluding diaryl/α,β-unsaturated/α-hetero) is 1. The Morgan fingerprint density at radius 3 is 2.30 bits per heavy atom. The zero-order chi connectivity index (χ0) is 14.7. The summed E-state index contributed by atoms with van der Waals surface area (Å²) < 4.78 is 13.7. The number of benzene rings is 2. The van der Waals surface area contributed by atoms with Gasteiger partial charge in [0.2, 0.25) is 0 Å². The predicted molar refractivity (Wildman–Crippen MR) is 82.4 cm³/mol. The van der Waals surface area contributed by atoms with E-state index >= 15 is 0 Å². The van der Waals surface area contributed by atoms with E-state index in [-0.39, 0.29) is 11.6 Å². The Labute approximate surface area is 127 Å². The maximum Gasteiger partial charge on any atom is 0.141 e. The molecule has 0 radical (unpaired) electrons. The minimum Gasteiger partial charge on any atom is -0.299 e. The zero-order valence-corrected chi connectivity index (χ0v) is 13.1. The third-order valence-corrected chi connectivity index (χ3v) is 3.82. The first kappa shape index (κ1) is 14.9. The molecular weight excluding hydrogens is 319 g/mol. The molecule has 3 heteroatoms. The van der Waals surface area contributed by atoms with E-state index in [0.717, 1.165) is 22.3 Å². The van der Waals surface area contributed by atoms with Gasteiger partial charge in [0.1, 0.15) is 11.6 Å². The van der Waals surface area contributed by atoms with Crippen LogP contribution in [-0.2, 0) is 17.6 Å². The van der Waals surface area contributed by atoms with Crippen LogP contribution in [0, 0.1) is 19.7 Å². The van der Waals surface area contributed by atoms with E-state index in [9.17, 15) is 9.18 Å². The summed E-state index contributed by atoms with van der Waals surface area (Å²) in [5, 5.41) is 0. The van der Waals surface area contributed by atoms with E-state index in [0.29, 0.717) is 17.3 Å². The number of hydrogen-bond donors (Lipinski definition) is 0. The molecule has 0 fully saturated rings. The number of halogens is 2.